The van der Waals surface area contributed by atoms with Gasteiger partial charge in [0.1, 0.15) is 11.6 Å². The number of halogens is 3. The van der Waals surface area contributed by atoms with Gasteiger partial charge in [0, 0.05) is 35.6 Å². The summed E-state index contributed by atoms with van der Waals surface area (Å²) < 4.78 is 32.3. The summed E-state index contributed by atoms with van der Waals surface area (Å²) in [5.74, 6) is -2.20. The minimum absolute atomic E-state index is 0.0655. The number of likely N-dealkylation sites (N-methyl/N-ethyl adjacent to an activating group) is 1. The van der Waals surface area contributed by atoms with Gasteiger partial charge >= 0.3 is 5.97 Å². The molecule has 3 aromatic rings. The van der Waals surface area contributed by atoms with E-state index >= 15 is 0 Å². The molecule has 0 saturated heterocycles. The second-order valence-corrected chi connectivity index (χ2v) is 6.89. The highest BCUT2D eigenvalue weighted by atomic mass is 35.5. The van der Waals surface area contributed by atoms with Gasteiger partial charge in [-0.05, 0) is 37.3 Å². The topological polar surface area (TPSA) is 59.5 Å². The first-order valence-corrected chi connectivity index (χ1v) is 9.05. The summed E-state index contributed by atoms with van der Waals surface area (Å²) in [7, 11) is 1.45. The number of ether oxygens (including phenoxy) is 1. The van der Waals surface area contributed by atoms with Crippen LogP contribution in [0.5, 0.6) is 0 Å². The summed E-state index contributed by atoms with van der Waals surface area (Å²) in [5, 5.41) is 0.775. The van der Waals surface area contributed by atoms with Gasteiger partial charge in [0.15, 0.2) is 6.61 Å². The zero-order chi connectivity index (χ0) is 21.1. The lowest BCUT2D eigenvalue weighted by Gasteiger charge is -2.18. The SMILES string of the molecule is Cc1nc2cc(F)ccc2cc1C(=O)OCC(=O)N(C)Cc1c(F)cccc1Cl. The van der Waals surface area contributed by atoms with E-state index in [9.17, 15) is 18.4 Å². The maximum atomic E-state index is 13.9. The van der Waals surface area contributed by atoms with Gasteiger partial charge in [-0.25, -0.2) is 13.6 Å². The summed E-state index contributed by atoms with van der Waals surface area (Å²) in [6.45, 7) is 1.00. The van der Waals surface area contributed by atoms with Crippen molar-refractivity contribution in [2.75, 3.05) is 13.7 Å². The van der Waals surface area contributed by atoms with Gasteiger partial charge in [-0.1, -0.05) is 17.7 Å². The lowest BCUT2D eigenvalue weighted by molar-refractivity contribution is -0.133. The molecule has 1 amide bonds. The van der Waals surface area contributed by atoms with E-state index in [2.05, 4.69) is 4.98 Å². The number of rotatable bonds is 5. The second-order valence-electron chi connectivity index (χ2n) is 6.48. The van der Waals surface area contributed by atoms with Crippen molar-refractivity contribution in [1.29, 1.82) is 0 Å². The Labute approximate surface area is 170 Å². The zero-order valence-electron chi connectivity index (χ0n) is 15.7. The van der Waals surface area contributed by atoms with Crippen LogP contribution in [0.4, 0.5) is 8.78 Å². The zero-order valence-corrected chi connectivity index (χ0v) is 16.5. The first-order valence-electron chi connectivity index (χ1n) is 8.67. The van der Waals surface area contributed by atoms with Gasteiger partial charge in [0.05, 0.1) is 16.8 Å². The number of carbonyl (C=O) groups is 2. The Morgan fingerprint density at radius 1 is 1.17 bits per heavy atom. The maximum Gasteiger partial charge on any atom is 0.340 e. The Morgan fingerprint density at radius 3 is 2.66 bits per heavy atom. The molecule has 0 bridgehead atoms. The van der Waals surface area contributed by atoms with Crippen LogP contribution in [0, 0.1) is 18.6 Å². The van der Waals surface area contributed by atoms with Crippen molar-refractivity contribution in [2.24, 2.45) is 0 Å². The Bertz CT molecular complexity index is 1080. The molecule has 150 valence electrons. The molecule has 0 aliphatic rings. The minimum Gasteiger partial charge on any atom is -0.452 e. The van der Waals surface area contributed by atoms with E-state index in [-0.39, 0.29) is 22.7 Å². The molecule has 5 nitrogen and oxygen atoms in total. The van der Waals surface area contributed by atoms with Crippen LogP contribution in [0.15, 0.2) is 42.5 Å². The number of aromatic nitrogens is 1. The molecule has 0 fully saturated rings. The fourth-order valence-corrected chi connectivity index (χ4v) is 2.99. The number of aryl methyl sites for hydroxylation is 1. The molecule has 0 aliphatic heterocycles. The van der Waals surface area contributed by atoms with Gasteiger partial charge in [0.25, 0.3) is 5.91 Å². The summed E-state index contributed by atoms with van der Waals surface area (Å²) in [6.07, 6.45) is 0. The highest BCUT2D eigenvalue weighted by Gasteiger charge is 2.18. The van der Waals surface area contributed by atoms with Crippen LogP contribution in [0.2, 0.25) is 5.02 Å². The molecule has 0 saturated carbocycles. The van der Waals surface area contributed by atoms with Gasteiger partial charge in [-0.2, -0.15) is 0 Å². The molecule has 1 aromatic heterocycles. The number of hydrogen-bond donors (Lipinski definition) is 0. The molecule has 0 unspecified atom stereocenters. The number of amides is 1. The quantitative estimate of drug-likeness (QED) is 0.580. The van der Waals surface area contributed by atoms with Crippen LogP contribution in [0.1, 0.15) is 21.6 Å². The molecule has 0 aliphatic carbocycles. The van der Waals surface area contributed by atoms with Gasteiger partial charge < -0.3 is 9.64 Å². The predicted molar refractivity (Wildman–Crippen MR) is 105 cm³/mol. The van der Waals surface area contributed by atoms with Gasteiger partial charge in [-0.3, -0.25) is 9.78 Å². The minimum atomic E-state index is -0.730. The van der Waals surface area contributed by atoms with E-state index in [4.69, 9.17) is 16.3 Å². The van der Waals surface area contributed by atoms with Crippen molar-refractivity contribution in [3.63, 3.8) is 0 Å². The van der Waals surface area contributed by atoms with E-state index in [1.165, 1.54) is 54.4 Å². The number of esters is 1. The Morgan fingerprint density at radius 2 is 1.93 bits per heavy atom. The molecule has 3 rings (SSSR count). The van der Waals surface area contributed by atoms with E-state index < -0.39 is 30.1 Å². The van der Waals surface area contributed by atoms with Crippen molar-refractivity contribution in [1.82, 2.24) is 9.88 Å². The summed E-state index contributed by atoms with van der Waals surface area (Å²) in [6, 6.07) is 9.82. The van der Waals surface area contributed by atoms with E-state index in [1.807, 2.05) is 0 Å². The average Bonchev–Trinajstić information content (AvgIpc) is 2.68. The van der Waals surface area contributed by atoms with Crippen LogP contribution >= 0.6 is 11.6 Å². The largest absolute Gasteiger partial charge is 0.452 e. The molecule has 8 heteroatoms. The number of hydrogen-bond acceptors (Lipinski definition) is 4. The molecular weight excluding hydrogens is 402 g/mol. The van der Waals surface area contributed by atoms with Crippen molar-refractivity contribution < 1.29 is 23.1 Å². The first kappa shape index (κ1) is 20.7. The summed E-state index contributed by atoms with van der Waals surface area (Å²) >= 11 is 5.97. The normalized spacial score (nSPS) is 10.8. The number of pyridine rings is 1. The first-order chi connectivity index (χ1) is 13.8. The fourth-order valence-electron chi connectivity index (χ4n) is 2.77. The molecule has 0 radical (unpaired) electrons. The van der Waals surface area contributed by atoms with Crippen LogP contribution in [0.3, 0.4) is 0 Å². The van der Waals surface area contributed by atoms with Gasteiger partial charge in [-0.15, -0.1) is 0 Å². The smallest absolute Gasteiger partial charge is 0.340 e. The fraction of sp³-hybridized carbons (Fsp3) is 0.190. The van der Waals surface area contributed by atoms with E-state index in [1.54, 1.807) is 6.92 Å². The molecule has 0 spiro atoms. The van der Waals surface area contributed by atoms with Crippen molar-refractivity contribution in [3.8, 4) is 0 Å². The number of benzene rings is 2. The Hall–Kier alpha value is -3.06. The lowest BCUT2D eigenvalue weighted by atomic mass is 10.1. The third kappa shape index (κ3) is 4.68. The third-order valence-corrected chi connectivity index (χ3v) is 4.75. The summed E-state index contributed by atoms with van der Waals surface area (Å²) in [5.41, 5.74) is 1.12. The average molecular weight is 419 g/mol. The van der Waals surface area contributed by atoms with E-state index in [0.717, 1.165) is 0 Å². The standard InChI is InChI=1S/C21H17ClF2N2O3/c1-12-15(8-13-6-7-14(23)9-19(13)25-12)21(28)29-11-20(27)26(2)10-16-17(22)4-3-5-18(16)24/h3-9H,10-11H2,1-2H3. The molecule has 0 atom stereocenters. The Balaban J connectivity index is 1.67. The van der Waals surface area contributed by atoms with Gasteiger partial charge in [0.2, 0.25) is 0 Å². The monoisotopic (exact) mass is 418 g/mol. The maximum absolute atomic E-state index is 13.9. The van der Waals surface area contributed by atoms with Crippen molar-refractivity contribution >= 4 is 34.4 Å². The molecule has 1 heterocycles. The molecule has 29 heavy (non-hydrogen) atoms. The Kier molecular flexibility index (Phi) is 6.08. The second kappa shape index (κ2) is 8.53. The van der Waals surface area contributed by atoms with Crippen LogP contribution in [0.25, 0.3) is 10.9 Å². The molecule has 0 N–H and O–H groups in total. The molecular formula is C21H17ClF2N2O3. The molecule has 2 aromatic carbocycles. The number of carbonyl (C=O) groups excluding carboxylic acids is 2. The van der Waals surface area contributed by atoms with Crippen molar-refractivity contribution in [3.05, 3.63) is 75.9 Å². The predicted octanol–water partition coefficient (Wildman–Crippen LogP) is 4.29. The van der Waals surface area contributed by atoms with Crippen molar-refractivity contribution in [2.45, 2.75) is 13.5 Å². The highest BCUT2D eigenvalue weighted by molar-refractivity contribution is 6.31. The van der Waals surface area contributed by atoms with Crippen LogP contribution < -0.4 is 0 Å². The van der Waals surface area contributed by atoms with Crippen LogP contribution in [-0.2, 0) is 16.1 Å². The highest BCUT2D eigenvalue weighted by Crippen LogP contribution is 2.21. The van der Waals surface area contributed by atoms with Crippen LogP contribution in [-0.4, -0.2) is 35.4 Å². The number of nitrogens with zero attached hydrogens (tertiary/aromatic N) is 2. The lowest BCUT2D eigenvalue weighted by Crippen LogP contribution is -2.31. The van der Waals surface area contributed by atoms with E-state index in [0.29, 0.717) is 16.6 Å². The number of fused-ring (bicyclic) bond motifs is 1. The summed E-state index contributed by atoms with van der Waals surface area (Å²) in [4.78, 5) is 30.1. The third-order valence-electron chi connectivity index (χ3n) is 4.40.